The summed E-state index contributed by atoms with van der Waals surface area (Å²) in [6, 6.07) is 3.67. The van der Waals surface area contributed by atoms with Gasteiger partial charge in [-0.15, -0.1) is 0 Å². The second-order valence-corrected chi connectivity index (χ2v) is 4.30. The van der Waals surface area contributed by atoms with E-state index in [1.165, 1.54) is 0 Å². The lowest BCUT2D eigenvalue weighted by molar-refractivity contribution is 0.234. The van der Waals surface area contributed by atoms with Gasteiger partial charge in [-0.05, 0) is 26.0 Å². The van der Waals surface area contributed by atoms with Crippen LogP contribution < -0.4 is 10.5 Å². The largest absolute Gasteiger partial charge is 0.473 e. The third-order valence-electron chi connectivity index (χ3n) is 2.50. The van der Waals surface area contributed by atoms with Crippen molar-refractivity contribution < 1.29 is 4.74 Å². The highest BCUT2D eigenvalue weighted by molar-refractivity contribution is 5.51. The minimum atomic E-state index is 0.0449. The number of ether oxygens (including phenoxy) is 1. The number of rotatable bonds is 4. The number of pyridine rings is 1. The third kappa shape index (κ3) is 2.45. The molecule has 2 N–H and O–H groups in total. The molecular formula is C13H18N4O. The van der Waals surface area contributed by atoms with E-state index < -0.39 is 0 Å². The first kappa shape index (κ1) is 12.4. The van der Waals surface area contributed by atoms with E-state index >= 15 is 0 Å². The average Bonchev–Trinajstić information content (AvgIpc) is 2.79. The van der Waals surface area contributed by atoms with Gasteiger partial charge in [0, 0.05) is 18.8 Å². The lowest BCUT2D eigenvalue weighted by Gasteiger charge is -2.13. The molecule has 5 nitrogen and oxygen atoms in total. The number of nitrogens with zero attached hydrogens (tertiary/aromatic N) is 3. The highest BCUT2D eigenvalue weighted by Crippen LogP contribution is 2.22. The Bertz CT molecular complexity index is 534. The normalized spacial score (nSPS) is 10.9. The number of hydrogen-bond donors (Lipinski definition) is 1. The Kier molecular flexibility index (Phi) is 3.50. The van der Waals surface area contributed by atoms with Crippen LogP contribution in [0.3, 0.4) is 0 Å². The maximum Gasteiger partial charge on any atom is 0.239 e. The predicted octanol–water partition coefficient (Wildman–Crippen LogP) is 2.20. The van der Waals surface area contributed by atoms with Crippen LogP contribution in [0, 0.1) is 0 Å². The van der Waals surface area contributed by atoms with Crippen molar-refractivity contribution >= 4 is 5.69 Å². The maximum absolute atomic E-state index is 5.85. The molecule has 0 saturated heterocycles. The Morgan fingerprint density at radius 3 is 2.83 bits per heavy atom. The summed E-state index contributed by atoms with van der Waals surface area (Å²) in [7, 11) is 0. The number of aryl methyl sites for hydroxylation is 1. The van der Waals surface area contributed by atoms with Crippen molar-refractivity contribution in [3.05, 3.63) is 30.4 Å². The van der Waals surface area contributed by atoms with Gasteiger partial charge in [0.15, 0.2) is 0 Å². The van der Waals surface area contributed by atoms with Crippen LogP contribution in [-0.2, 0) is 6.42 Å². The maximum atomic E-state index is 5.85. The molecule has 2 heterocycles. The number of imidazole rings is 1. The van der Waals surface area contributed by atoms with Crippen molar-refractivity contribution in [3.8, 4) is 11.7 Å². The average molecular weight is 246 g/mol. The van der Waals surface area contributed by atoms with E-state index in [1.54, 1.807) is 12.3 Å². The van der Waals surface area contributed by atoms with Crippen LogP contribution in [0.15, 0.2) is 24.5 Å². The van der Waals surface area contributed by atoms with Crippen molar-refractivity contribution in [2.45, 2.75) is 33.3 Å². The zero-order valence-corrected chi connectivity index (χ0v) is 10.9. The molecule has 0 bridgehead atoms. The summed E-state index contributed by atoms with van der Waals surface area (Å²) in [6.07, 6.45) is 4.54. The Balaban J connectivity index is 2.40. The van der Waals surface area contributed by atoms with Crippen LogP contribution in [0.2, 0.25) is 0 Å². The minimum absolute atomic E-state index is 0.0449. The molecule has 5 heteroatoms. The van der Waals surface area contributed by atoms with Gasteiger partial charge in [-0.2, -0.15) is 4.98 Å². The molecule has 2 rings (SSSR count). The summed E-state index contributed by atoms with van der Waals surface area (Å²) in [4.78, 5) is 8.71. The Morgan fingerprint density at radius 2 is 2.17 bits per heavy atom. The Morgan fingerprint density at radius 1 is 1.39 bits per heavy atom. The molecule has 0 aliphatic carbocycles. The zero-order valence-electron chi connectivity index (χ0n) is 10.9. The topological polar surface area (TPSA) is 66.0 Å². The van der Waals surface area contributed by atoms with E-state index in [0.29, 0.717) is 11.6 Å². The van der Waals surface area contributed by atoms with Gasteiger partial charge >= 0.3 is 0 Å². The second-order valence-electron chi connectivity index (χ2n) is 4.30. The summed E-state index contributed by atoms with van der Waals surface area (Å²) in [5, 5.41) is 0. The van der Waals surface area contributed by atoms with E-state index in [2.05, 4.69) is 16.9 Å². The molecule has 0 aliphatic heterocycles. The quantitative estimate of drug-likeness (QED) is 0.898. The summed E-state index contributed by atoms with van der Waals surface area (Å²) >= 11 is 0. The molecule has 0 radical (unpaired) electrons. The predicted molar refractivity (Wildman–Crippen MR) is 70.9 cm³/mol. The van der Waals surface area contributed by atoms with E-state index in [0.717, 1.165) is 18.1 Å². The number of nitrogen functional groups attached to an aromatic ring is 1. The van der Waals surface area contributed by atoms with Crippen molar-refractivity contribution in [2.24, 2.45) is 0 Å². The van der Waals surface area contributed by atoms with E-state index in [-0.39, 0.29) is 6.10 Å². The van der Waals surface area contributed by atoms with Crippen LogP contribution in [0.25, 0.3) is 5.82 Å². The van der Waals surface area contributed by atoms with Crippen LogP contribution in [-0.4, -0.2) is 20.6 Å². The molecule has 0 spiro atoms. The number of aromatic nitrogens is 3. The van der Waals surface area contributed by atoms with Crippen molar-refractivity contribution in [3.63, 3.8) is 0 Å². The number of anilines is 1. The fourth-order valence-corrected chi connectivity index (χ4v) is 1.70. The Labute approximate surface area is 107 Å². The molecule has 0 aromatic carbocycles. The Hall–Kier alpha value is -2.04. The molecule has 0 atom stereocenters. The van der Waals surface area contributed by atoms with Gasteiger partial charge in [-0.25, -0.2) is 4.98 Å². The molecule has 2 aromatic heterocycles. The summed E-state index contributed by atoms with van der Waals surface area (Å²) in [5.74, 6) is 2.20. The van der Waals surface area contributed by atoms with Gasteiger partial charge in [0.25, 0.3) is 0 Å². The van der Waals surface area contributed by atoms with Gasteiger partial charge in [-0.1, -0.05) is 6.92 Å². The van der Waals surface area contributed by atoms with Crippen molar-refractivity contribution in [1.82, 2.24) is 14.5 Å². The van der Waals surface area contributed by atoms with Crippen molar-refractivity contribution in [1.29, 1.82) is 0 Å². The standard InChI is InChI=1S/C13H18N4O/c1-4-11-15-7-8-17(11)12-6-5-10(14)13(16-12)18-9(2)3/h5-9H,4,14H2,1-3H3. The molecular weight excluding hydrogens is 228 g/mol. The molecule has 0 aliphatic rings. The van der Waals surface area contributed by atoms with Crippen LogP contribution in [0.5, 0.6) is 5.88 Å². The van der Waals surface area contributed by atoms with Gasteiger partial charge in [0.05, 0.1) is 11.8 Å². The van der Waals surface area contributed by atoms with Crippen LogP contribution >= 0.6 is 0 Å². The van der Waals surface area contributed by atoms with Gasteiger partial charge < -0.3 is 10.5 Å². The first-order valence-corrected chi connectivity index (χ1v) is 6.07. The van der Waals surface area contributed by atoms with E-state index in [1.807, 2.05) is 30.7 Å². The lowest BCUT2D eigenvalue weighted by atomic mass is 10.3. The summed E-state index contributed by atoms with van der Waals surface area (Å²) < 4.78 is 7.52. The number of hydrogen-bond acceptors (Lipinski definition) is 4. The SMILES string of the molecule is CCc1nccn1-c1ccc(N)c(OC(C)C)n1. The summed E-state index contributed by atoms with van der Waals surface area (Å²) in [6.45, 7) is 5.95. The zero-order chi connectivity index (χ0) is 13.1. The first-order chi connectivity index (χ1) is 8.61. The van der Waals surface area contributed by atoms with E-state index in [4.69, 9.17) is 10.5 Å². The smallest absolute Gasteiger partial charge is 0.239 e. The van der Waals surface area contributed by atoms with Gasteiger partial charge in [-0.3, -0.25) is 4.57 Å². The fourth-order valence-electron chi connectivity index (χ4n) is 1.70. The second kappa shape index (κ2) is 5.08. The molecule has 96 valence electrons. The summed E-state index contributed by atoms with van der Waals surface area (Å²) in [5.41, 5.74) is 6.40. The molecule has 0 fully saturated rings. The molecule has 18 heavy (non-hydrogen) atoms. The molecule has 0 unspecified atom stereocenters. The highest BCUT2D eigenvalue weighted by atomic mass is 16.5. The molecule has 0 amide bonds. The first-order valence-electron chi connectivity index (χ1n) is 6.07. The fraction of sp³-hybridized carbons (Fsp3) is 0.385. The third-order valence-corrected chi connectivity index (χ3v) is 2.50. The molecule has 0 saturated carbocycles. The van der Waals surface area contributed by atoms with Crippen LogP contribution in [0.4, 0.5) is 5.69 Å². The monoisotopic (exact) mass is 246 g/mol. The highest BCUT2D eigenvalue weighted by Gasteiger charge is 2.09. The lowest BCUT2D eigenvalue weighted by Crippen LogP contribution is -2.11. The van der Waals surface area contributed by atoms with Crippen LogP contribution in [0.1, 0.15) is 26.6 Å². The van der Waals surface area contributed by atoms with E-state index in [9.17, 15) is 0 Å². The minimum Gasteiger partial charge on any atom is -0.473 e. The van der Waals surface area contributed by atoms with Gasteiger partial charge in [0.2, 0.25) is 5.88 Å². The van der Waals surface area contributed by atoms with Crippen molar-refractivity contribution in [2.75, 3.05) is 5.73 Å². The molecule has 2 aromatic rings. The van der Waals surface area contributed by atoms with Gasteiger partial charge in [0.1, 0.15) is 11.6 Å². The number of nitrogens with two attached hydrogens (primary N) is 1.